The number of hydrogen-bond donors (Lipinski definition) is 1. The minimum Gasteiger partial charge on any atom is -0.450 e. The topological polar surface area (TPSA) is 53.0 Å². The van der Waals surface area contributed by atoms with Crippen molar-refractivity contribution in [1.82, 2.24) is 9.80 Å². The SMILES string of the molecule is CCOC(=O)N(C)C1CCN([C@H]2Cc3ccccc3[C@@H]2O)CC1. The normalized spacial score (nSPS) is 25.2. The zero-order valence-electron chi connectivity index (χ0n) is 13.9. The Balaban J connectivity index is 1.57. The van der Waals surface area contributed by atoms with Crippen molar-refractivity contribution in [1.29, 1.82) is 0 Å². The van der Waals surface area contributed by atoms with Gasteiger partial charge >= 0.3 is 6.09 Å². The lowest BCUT2D eigenvalue weighted by atomic mass is 10.0. The lowest BCUT2D eigenvalue weighted by Gasteiger charge is -2.39. The van der Waals surface area contributed by atoms with Crippen LogP contribution in [0.3, 0.4) is 0 Å². The highest BCUT2D eigenvalue weighted by Gasteiger charge is 2.37. The number of carbonyl (C=O) groups is 1. The molecule has 5 heteroatoms. The Hall–Kier alpha value is -1.59. The number of likely N-dealkylation sites (tertiary alicyclic amines) is 1. The third-order valence-corrected chi connectivity index (χ3v) is 5.24. The summed E-state index contributed by atoms with van der Waals surface area (Å²) in [6.07, 6.45) is 2.13. The van der Waals surface area contributed by atoms with Gasteiger partial charge < -0.3 is 14.7 Å². The Labute approximate surface area is 137 Å². The molecule has 1 aromatic rings. The quantitative estimate of drug-likeness (QED) is 0.928. The van der Waals surface area contributed by atoms with Gasteiger partial charge in [0.1, 0.15) is 0 Å². The Morgan fingerprint density at radius 1 is 1.35 bits per heavy atom. The highest BCUT2D eigenvalue weighted by Crippen LogP contribution is 2.35. The van der Waals surface area contributed by atoms with Crippen LogP contribution in [0.1, 0.15) is 37.0 Å². The summed E-state index contributed by atoms with van der Waals surface area (Å²) in [4.78, 5) is 15.9. The van der Waals surface area contributed by atoms with Crippen LogP contribution in [0.15, 0.2) is 24.3 Å². The molecule has 0 saturated carbocycles. The van der Waals surface area contributed by atoms with E-state index in [0.29, 0.717) is 6.61 Å². The molecular weight excluding hydrogens is 292 g/mol. The Bertz CT molecular complexity index is 555. The van der Waals surface area contributed by atoms with Gasteiger partial charge in [-0.2, -0.15) is 0 Å². The molecule has 0 spiro atoms. The fraction of sp³-hybridized carbons (Fsp3) is 0.611. The second-order valence-corrected chi connectivity index (χ2v) is 6.49. The van der Waals surface area contributed by atoms with Crippen LogP contribution in [0.4, 0.5) is 4.79 Å². The molecule has 1 heterocycles. The minimum absolute atomic E-state index is 0.168. The van der Waals surface area contributed by atoms with Crippen LogP contribution in [0, 0.1) is 0 Å². The molecule has 126 valence electrons. The maximum Gasteiger partial charge on any atom is 0.409 e. The number of nitrogens with zero attached hydrogens (tertiary/aromatic N) is 2. The number of ether oxygens (including phenoxy) is 1. The zero-order chi connectivity index (χ0) is 16.4. The molecule has 2 aliphatic rings. The van der Waals surface area contributed by atoms with Crippen molar-refractivity contribution in [2.24, 2.45) is 0 Å². The van der Waals surface area contributed by atoms with E-state index in [1.165, 1.54) is 5.56 Å². The largest absolute Gasteiger partial charge is 0.450 e. The van der Waals surface area contributed by atoms with Crippen molar-refractivity contribution >= 4 is 6.09 Å². The number of piperidine rings is 1. The molecule has 0 unspecified atom stereocenters. The number of fused-ring (bicyclic) bond motifs is 1. The highest BCUT2D eigenvalue weighted by molar-refractivity contribution is 5.67. The molecular formula is C18H26N2O3. The molecule has 23 heavy (non-hydrogen) atoms. The zero-order valence-corrected chi connectivity index (χ0v) is 13.9. The maximum atomic E-state index is 11.8. The van der Waals surface area contributed by atoms with Crippen LogP contribution in [-0.4, -0.2) is 59.8 Å². The van der Waals surface area contributed by atoms with Crippen molar-refractivity contribution in [3.63, 3.8) is 0 Å². The van der Waals surface area contributed by atoms with Crippen LogP contribution >= 0.6 is 0 Å². The van der Waals surface area contributed by atoms with Crippen LogP contribution in [-0.2, 0) is 11.2 Å². The van der Waals surface area contributed by atoms with E-state index in [-0.39, 0.29) is 18.2 Å². The van der Waals surface area contributed by atoms with Gasteiger partial charge in [-0.1, -0.05) is 24.3 Å². The van der Waals surface area contributed by atoms with E-state index in [9.17, 15) is 9.90 Å². The molecule has 2 atom stereocenters. The summed E-state index contributed by atoms with van der Waals surface area (Å²) in [5.41, 5.74) is 2.33. The van der Waals surface area contributed by atoms with E-state index < -0.39 is 6.10 Å². The first-order valence-electron chi connectivity index (χ1n) is 8.51. The van der Waals surface area contributed by atoms with Crippen LogP contribution in [0.2, 0.25) is 0 Å². The average Bonchev–Trinajstić information content (AvgIpc) is 2.92. The molecule has 1 amide bonds. The Kier molecular flexibility index (Phi) is 4.87. The third-order valence-electron chi connectivity index (χ3n) is 5.24. The fourth-order valence-corrected chi connectivity index (χ4v) is 3.86. The minimum atomic E-state index is -0.398. The summed E-state index contributed by atoms with van der Waals surface area (Å²) in [7, 11) is 1.82. The lowest BCUT2D eigenvalue weighted by Crippen LogP contribution is -2.49. The molecule has 1 saturated heterocycles. The Morgan fingerprint density at radius 2 is 2.04 bits per heavy atom. The Morgan fingerprint density at radius 3 is 2.70 bits per heavy atom. The first kappa shape index (κ1) is 16.3. The van der Waals surface area contributed by atoms with Crippen molar-refractivity contribution in [3.8, 4) is 0 Å². The van der Waals surface area contributed by atoms with E-state index in [1.54, 1.807) is 4.90 Å². The molecule has 1 fully saturated rings. The van der Waals surface area contributed by atoms with Gasteiger partial charge in [0, 0.05) is 32.2 Å². The van der Waals surface area contributed by atoms with Gasteiger partial charge in [0.25, 0.3) is 0 Å². The second kappa shape index (κ2) is 6.89. The van der Waals surface area contributed by atoms with Crippen LogP contribution in [0.5, 0.6) is 0 Å². The number of rotatable bonds is 3. The fourth-order valence-electron chi connectivity index (χ4n) is 3.86. The molecule has 1 aliphatic carbocycles. The highest BCUT2D eigenvalue weighted by atomic mass is 16.6. The number of aliphatic hydroxyl groups excluding tert-OH is 1. The van der Waals surface area contributed by atoms with Gasteiger partial charge in [0.2, 0.25) is 0 Å². The predicted octanol–water partition coefficient (Wildman–Crippen LogP) is 2.20. The van der Waals surface area contributed by atoms with Gasteiger partial charge in [0.05, 0.1) is 12.7 Å². The molecule has 1 aromatic carbocycles. The van der Waals surface area contributed by atoms with Gasteiger partial charge in [-0.25, -0.2) is 4.79 Å². The molecule has 1 aliphatic heterocycles. The average molecular weight is 318 g/mol. The first-order chi connectivity index (χ1) is 11.1. The summed E-state index contributed by atoms with van der Waals surface area (Å²) in [5.74, 6) is 0. The van der Waals surface area contributed by atoms with Crippen molar-refractivity contribution < 1.29 is 14.6 Å². The van der Waals surface area contributed by atoms with E-state index in [1.807, 2.05) is 32.2 Å². The molecule has 0 aromatic heterocycles. The van der Waals surface area contributed by atoms with Gasteiger partial charge in [-0.15, -0.1) is 0 Å². The third kappa shape index (κ3) is 3.21. The van der Waals surface area contributed by atoms with E-state index in [0.717, 1.165) is 37.9 Å². The summed E-state index contributed by atoms with van der Waals surface area (Å²) in [6, 6.07) is 8.56. The molecule has 3 rings (SSSR count). The molecule has 1 N–H and O–H groups in total. The number of amides is 1. The number of aliphatic hydroxyl groups is 1. The standard InChI is InChI=1S/C18H26N2O3/c1-3-23-18(22)19(2)14-8-10-20(11-9-14)16-12-13-6-4-5-7-15(13)17(16)21/h4-7,14,16-17,21H,3,8-12H2,1-2H3/t16-,17-/m0/s1. The summed E-state index contributed by atoms with van der Waals surface area (Å²) in [5, 5.41) is 10.6. The predicted molar refractivity (Wildman–Crippen MR) is 88.3 cm³/mol. The summed E-state index contributed by atoms with van der Waals surface area (Å²) >= 11 is 0. The van der Waals surface area contributed by atoms with E-state index in [4.69, 9.17) is 4.74 Å². The molecule has 0 radical (unpaired) electrons. The van der Waals surface area contributed by atoms with Crippen molar-refractivity contribution in [2.75, 3.05) is 26.7 Å². The van der Waals surface area contributed by atoms with Gasteiger partial charge in [-0.05, 0) is 37.3 Å². The smallest absolute Gasteiger partial charge is 0.409 e. The van der Waals surface area contributed by atoms with E-state index in [2.05, 4.69) is 11.0 Å². The maximum absolute atomic E-state index is 11.8. The number of carbonyl (C=O) groups excluding carboxylic acids is 1. The lowest BCUT2D eigenvalue weighted by molar-refractivity contribution is 0.0276. The molecule has 5 nitrogen and oxygen atoms in total. The van der Waals surface area contributed by atoms with Gasteiger partial charge in [-0.3, -0.25) is 4.90 Å². The number of hydrogen-bond acceptors (Lipinski definition) is 4. The summed E-state index contributed by atoms with van der Waals surface area (Å²) in [6.45, 7) is 4.05. The van der Waals surface area contributed by atoms with Crippen LogP contribution in [0.25, 0.3) is 0 Å². The monoisotopic (exact) mass is 318 g/mol. The molecule has 0 bridgehead atoms. The van der Waals surface area contributed by atoms with Crippen LogP contribution < -0.4 is 0 Å². The van der Waals surface area contributed by atoms with Crippen molar-refractivity contribution in [2.45, 2.75) is 44.4 Å². The van der Waals surface area contributed by atoms with E-state index >= 15 is 0 Å². The first-order valence-corrected chi connectivity index (χ1v) is 8.51. The van der Waals surface area contributed by atoms with Crippen molar-refractivity contribution in [3.05, 3.63) is 35.4 Å². The summed E-state index contributed by atoms with van der Waals surface area (Å²) < 4.78 is 5.08. The number of benzene rings is 1. The van der Waals surface area contributed by atoms with Gasteiger partial charge in [0.15, 0.2) is 0 Å². The second-order valence-electron chi connectivity index (χ2n) is 6.49.